The third-order valence-corrected chi connectivity index (χ3v) is 3.95. The third kappa shape index (κ3) is 4.84. The summed E-state index contributed by atoms with van der Waals surface area (Å²) < 4.78 is 10.9. The summed E-state index contributed by atoms with van der Waals surface area (Å²) in [5.41, 5.74) is 0. The van der Waals surface area contributed by atoms with Crippen molar-refractivity contribution in [3.63, 3.8) is 0 Å². The van der Waals surface area contributed by atoms with Gasteiger partial charge in [-0.25, -0.2) is 0 Å². The van der Waals surface area contributed by atoms with Gasteiger partial charge >= 0.3 is 0 Å². The van der Waals surface area contributed by atoms with Crippen LogP contribution in [0.4, 0.5) is 0 Å². The fraction of sp³-hybridized carbons (Fsp3) is 1.00. The van der Waals surface area contributed by atoms with Crippen LogP contribution >= 0.6 is 0 Å². The summed E-state index contributed by atoms with van der Waals surface area (Å²) in [6, 6.07) is 0. The minimum absolute atomic E-state index is 0.381. The van der Waals surface area contributed by atoms with E-state index in [1.54, 1.807) is 0 Å². The molecule has 2 heterocycles. The molecule has 2 rings (SSSR count). The van der Waals surface area contributed by atoms with Crippen LogP contribution in [0.3, 0.4) is 0 Å². The molecule has 0 bridgehead atoms. The highest BCUT2D eigenvalue weighted by atomic mass is 16.7. The second kappa shape index (κ2) is 8.10. The average Bonchev–Trinajstić information content (AvgIpc) is 2.41. The van der Waals surface area contributed by atoms with Crippen molar-refractivity contribution in [2.75, 3.05) is 46.1 Å². The third-order valence-electron chi connectivity index (χ3n) is 3.95. The number of piperidine rings is 1. The molecule has 0 aromatic carbocycles. The number of rotatable bonds is 6. The first-order chi connectivity index (χ1) is 8.88. The van der Waals surface area contributed by atoms with Crippen molar-refractivity contribution >= 4 is 0 Å². The van der Waals surface area contributed by atoms with E-state index in [1.165, 1.54) is 45.4 Å². The highest BCUT2D eigenvalue weighted by Crippen LogP contribution is 2.15. The van der Waals surface area contributed by atoms with Gasteiger partial charge in [0.05, 0.1) is 12.7 Å². The van der Waals surface area contributed by atoms with E-state index in [4.69, 9.17) is 9.47 Å². The molecule has 0 spiro atoms. The van der Waals surface area contributed by atoms with Crippen molar-refractivity contribution in [2.45, 2.75) is 38.7 Å². The van der Waals surface area contributed by atoms with Crippen LogP contribution in [0, 0.1) is 5.92 Å². The Balaban J connectivity index is 1.74. The highest BCUT2D eigenvalue weighted by Gasteiger charge is 2.21. The lowest BCUT2D eigenvalue weighted by molar-refractivity contribution is -0.145. The SMILES string of the molecule is CCCN(CC1CCNCC1)CC1CCOCO1. The summed E-state index contributed by atoms with van der Waals surface area (Å²) in [4.78, 5) is 2.60. The predicted molar refractivity (Wildman–Crippen MR) is 72.6 cm³/mol. The Morgan fingerprint density at radius 2 is 2.00 bits per heavy atom. The van der Waals surface area contributed by atoms with Crippen LogP contribution in [0.2, 0.25) is 0 Å². The fourth-order valence-corrected chi connectivity index (χ4v) is 2.94. The van der Waals surface area contributed by atoms with Gasteiger partial charge in [0.2, 0.25) is 0 Å². The molecule has 2 aliphatic heterocycles. The van der Waals surface area contributed by atoms with E-state index in [9.17, 15) is 0 Å². The number of nitrogens with one attached hydrogen (secondary N) is 1. The smallest absolute Gasteiger partial charge is 0.147 e. The van der Waals surface area contributed by atoms with Gasteiger partial charge in [0.1, 0.15) is 6.79 Å². The lowest BCUT2D eigenvalue weighted by Gasteiger charge is -2.33. The van der Waals surface area contributed by atoms with Gasteiger partial charge < -0.3 is 19.7 Å². The predicted octanol–water partition coefficient (Wildman–Crippen LogP) is 1.46. The largest absolute Gasteiger partial charge is 0.355 e. The summed E-state index contributed by atoms with van der Waals surface area (Å²) in [6.45, 7) is 9.52. The fourth-order valence-electron chi connectivity index (χ4n) is 2.94. The molecule has 2 fully saturated rings. The molecule has 1 unspecified atom stereocenters. The Kier molecular flexibility index (Phi) is 6.41. The monoisotopic (exact) mass is 256 g/mol. The first-order valence-corrected chi connectivity index (χ1v) is 7.51. The zero-order valence-electron chi connectivity index (χ0n) is 11.7. The molecule has 4 nitrogen and oxygen atoms in total. The molecule has 4 heteroatoms. The molecular formula is C14H28N2O2. The van der Waals surface area contributed by atoms with Gasteiger partial charge in [0.25, 0.3) is 0 Å². The van der Waals surface area contributed by atoms with E-state index in [1.807, 2.05) is 0 Å². The van der Waals surface area contributed by atoms with E-state index in [0.29, 0.717) is 12.9 Å². The molecule has 0 radical (unpaired) electrons. The minimum Gasteiger partial charge on any atom is -0.355 e. The van der Waals surface area contributed by atoms with Crippen LogP contribution in [0.15, 0.2) is 0 Å². The van der Waals surface area contributed by atoms with Crippen molar-refractivity contribution in [1.29, 1.82) is 0 Å². The van der Waals surface area contributed by atoms with E-state index in [2.05, 4.69) is 17.1 Å². The van der Waals surface area contributed by atoms with Gasteiger partial charge in [-0.2, -0.15) is 0 Å². The molecule has 0 saturated carbocycles. The van der Waals surface area contributed by atoms with Crippen LogP contribution in [0.5, 0.6) is 0 Å². The Hall–Kier alpha value is -0.160. The molecule has 0 aliphatic carbocycles. The van der Waals surface area contributed by atoms with Crippen LogP contribution in [-0.4, -0.2) is 57.1 Å². The van der Waals surface area contributed by atoms with Crippen LogP contribution in [0.25, 0.3) is 0 Å². The average molecular weight is 256 g/mol. The first kappa shape index (κ1) is 14.3. The molecule has 2 saturated heterocycles. The molecule has 2 aliphatic rings. The highest BCUT2D eigenvalue weighted by molar-refractivity contribution is 4.75. The lowest BCUT2D eigenvalue weighted by atomic mass is 9.97. The number of hydrogen-bond donors (Lipinski definition) is 1. The molecule has 1 N–H and O–H groups in total. The van der Waals surface area contributed by atoms with Crippen molar-refractivity contribution in [1.82, 2.24) is 10.2 Å². The molecule has 1 atom stereocenters. The topological polar surface area (TPSA) is 33.7 Å². The quantitative estimate of drug-likeness (QED) is 0.780. The van der Waals surface area contributed by atoms with E-state index >= 15 is 0 Å². The molecule has 18 heavy (non-hydrogen) atoms. The maximum atomic E-state index is 5.67. The Morgan fingerprint density at radius 3 is 2.67 bits per heavy atom. The lowest BCUT2D eigenvalue weighted by Crippen LogP contribution is -2.42. The van der Waals surface area contributed by atoms with Crippen LogP contribution < -0.4 is 5.32 Å². The molecule has 0 amide bonds. The van der Waals surface area contributed by atoms with Crippen molar-refractivity contribution in [3.8, 4) is 0 Å². The van der Waals surface area contributed by atoms with Crippen molar-refractivity contribution in [2.24, 2.45) is 5.92 Å². The molecular weight excluding hydrogens is 228 g/mol. The summed E-state index contributed by atoms with van der Waals surface area (Å²) in [7, 11) is 0. The summed E-state index contributed by atoms with van der Waals surface area (Å²) in [5, 5.41) is 3.44. The second-order valence-electron chi connectivity index (χ2n) is 5.56. The molecule has 0 aromatic heterocycles. The van der Waals surface area contributed by atoms with Gasteiger partial charge in [-0.05, 0) is 51.2 Å². The summed E-state index contributed by atoms with van der Waals surface area (Å²) in [6.07, 6.45) is 5.32. The zero-order valence-corrected chi connectivity index (χ0v) is 11.7. The van der Waals surface area contributed by atoms with Crippen molar-refractivity contribution in [3.05, 3.63) is 0 Å². The Bertz CT molecular complexity index is 194. The van der Waals surface area contributed by atoms with Gasteiger partial charge in [-0.3, -0.25) is 0 Å². The normalized spacial score (nSPS) is 26.7. The van der Waals surface area contributed by atoms with E-state index in [0.717, 1.165) is 25.5 Å². The summed E-state index contributed by atoms with van der Waals surface area (Å²) in [5.74, 6) is 0.873. The van der Waals surface area contributed by atoms with Gasteiger partial charge in [-0.15, -0.1) is 0 Å². The van der Waals surface area contributed by atoms with Crippen LogP contribution in [0.1, 0.15) is 32.6 Å². The van der Waals surface area contributed by atoms with Gasteiger partial charge in [-0.1, -0.05) is 6.92 Å². The van der Waals surface area contributed by atoms with Crippen LogP contribution in [-0.2, 0) is 9.47 Å². The Labute approximate surface area is 111 Å². The van der Waals surface area contributed by atoms with Crippen molar-refractivity contribution < 1.29 is 9.47 Å². The maximum absolute atomic E-state index is 5.67. The minimum atomic E-state index is 0.381. The summed E-state index contributed by atoms with van der Waals surface area (Å²) >= 11 is 0. The maximum Gasteiger partial charge on any atom is 0.147 e. The van der Waals surface area contributed by atoms with Gasteiger partial charge in [0, 0.05) is 13.1 Å². The second-order valence-corrected chi connectivity index (χ2v) is 5.56. The number of ether oxygens (including phenoxy) is 2. The van der Waals surface area contributed by atoms with Gasteiger partial charge in [0.15, 0.2) is 0 Å². The number of hydrogen-bond acceptors (Lipinski definition) is 4. The van der Waals surface area contributed by atoms with E-state index in [-0.39, 0.29) is 0 Å². The standard InChI is InChI=1S/C14H28N2O2/c1-2-8-16(10-13-3-6-15-7-4-13)11-14-5-9-17-12-18-14/h13-15H,2-12H2,1H3. The van der Waals surface area contributed by atoms with E-state index < -0.39 is 0 Å². The first-order valence-electron chi connectivity index (χ1n) is 7.51. The number of nitrogens with zero attached hydrogens (tertiary/aromatic N) is 1. The molecule has 106 valence electrons. The molecule has 0 aromatic rings. The zero-order chi connectivity index (χ0) is 12.6. The Morgan fingerprint density at radius 1 is 1.17 bits per heavy atom.